The molecule has 1 aliphatic heterocycles. The highest BCUT2D eigenvalue weighted by Crippen LogP contribution is 2.20. The minimum absolute atomic E-state index is 0.127. The van der Waals surface area contributed by atoms with Crippen molar-refractivity contribution in [1.29, 1.82) is 0 Å². The highest BCUT2D eigenvalue weighted by molar-refractivity contribution is 5.96. The fourth-order valence-electron chi connectivity index (χ4n) is 3.92. The van der Waals surface area contributed by atoms with Crippen molar-refractivity contribution in [2.75, 3.05) is 19.6 Å². The number of carboxylic acids is 1. The van der Waals surface area contributed by atoms with E-state index >= 15 is 0 Å². The van der Waals surface area contributed by atoms with Gasteiger partial charge in [-0.2, -0.15) is 0 Å². The van der Waals surface area contributed by atoms with E-state index in [0.717, 1.165) is 0 Å². The van der Waals surface area contributed by atoms with Gasteiger partial charge < -0.3 is 48.5 Å². The molecule has 5 atom stereocenters. The van der Waals surface area contributed by atoms with Crippen molar-refractivity contribution in [2.24, 2.45) is 28.1 Å². The molecule has 0 aromatic carbocycles. The summed E-state index contributed by atoms with van der Waals surface area (Å²) < 4.78 is 0. The summed E-state index contributed by atoms with van der Waals surface area (Å²) in [6, 6.07) is -4.81. The van der Waals surface area contributed by atoms with E-state index < -0.39 is 72.3 Å². The number of rotatable bonds is 15. The molecular weight excluding hydrogens is 526 g/mol. The van der Waals surface area contributed by atoms with Crippen LogP contribution in [0.2, 0.25) is 0 Å². The summed E-state index contributed by atoms with van der Waals surface area (Å²) in [7, 11) is 0. The zero-order chi connectivity index (χ0) is 30.6. The smallest absolute Gasteiger partial charge is 0.322 e. The normalized spacial score (nSPS) is 17.6. The second kappa shape index (κ2) is 16.2. The van der Waals surface area contributed by atoms with Crippen LogP contribution in [-0.4, -0.2) is 101 Å². The first-order valence-corrected chi connectivity index (χ1v) is 13.2. The molecule has 0 aromatic heterocycles. The molecule has 1 aliphatic rings. The average Bonchev–Trinajstić information content (AvgIpc) is 3.37. The monoisotopic (exact) mass is 569 g/mol. The topological polar surface area (TPSA) is 264 Å². The van der Waals surface area contributed by atoms with Crippen LogP contribution < -0.4 is 38.5 Å². The molecule has 16 heteroatoms. The molecule has 5 amide bonds. The molecule has 1 rings (SSSR count). The molecule has 0 aromatic rings. The lowest BCUT2D eigenvalue weighted by molar-refractivity contribution is -0.143. The van der Waals surface area contributed by atoms with Crippen molar-refractivity contribution >= 4 is 41.5 Å². The number of amides is 5. The Morgan fingerprint density at radius 2 is 1.52 bits per heavy atom. The summed E-state index contributed by atoms with van der Waals surface area (Å²) in [6.07, 6.45) is 1.30. The number of hydrogen-bond acceptors (Lipinski definition) is 8. The number of carbonyl (C=O) groups is 6. The van der Waals surface area contributed by atoms with E-state index in [2.05, 4.69) is 26.3 Å². The predicted octanol–water partition coefficient (Wildman–Crippen LogP) is -3.29. The van der Waals surface area contributed by atoms with Crippen LogP contribution in [0, 0.1) is 5.92 Å². The summed E-state index contributed by atoms with van der Waals surface area (Å²) in [5.41, 5.74) is 16.5. The average molecular weight is 570 g/mol. The van der Waals surface area contributed by atoms with Gasteiger partial charge in [0.2, 0.25) is 29.5 Å². The molecule has 11 N–H and O–H groups in total. The standard InChI is InChI=1S/C24H43N9O7/c1-12(2)18(25)22(39)31-13(3)19(36)30-14(4)20(37)32-15(7-5-9-28-24(26)27)23(40)33-10-6-8-16(33)21(38)29-11-17(34)35/h12-16,18H,5-11,25H2,1-4H3,(H,29,38)(H,30,36)(H,31,39)(H,32,37)(H,34,35)(H4,26,27,28)/t13-,14-,15-,16-,18-/m0/s1. The van der Waals surface area contributed by atoms with E-state index in [9.17, 15) is 28.8 Å². The molecule has 1 fully saturated rings. The first kappa shape index (κ1) is 34.1. The van der Waals surface area contributed by atoms with Gasteiger partial charge in [-0.05, 0) is 45.4 Å². The minimum Gasteiger partial charge on any atom is -0.480 e. The van der Waals surface area contributed by atoms with E-state index in [1.165, 1.54) is 18.7 Å². The number of nitrogens with one attached hydrogen (secondary N) is 4. The SMILES string of the molecule is CC(C)[C@H](N)C(=O)N[C@@H](C)C(=O)N[C@@H](C)C(=O)N[C@@H](CCCN=C(N)N)C(=O)N1CCC[C@H]1C(=O)NCC(=O)O. The second-order valence-electron chi connectivity index (χ2n) is 10.0. The summed E-state index contributed by atoms with van der Waals surface area (Å²) in [6.45, 7) is 6.24. The number of hydrogen-bond donors (Lipinski definition) is 8. The van der Waals surface area contributed by atoms with Crippen molar-refractivity contribution in [1.82, 2.24) is 26.2 Å². The van der Waals surface area contributed by atoms with Gasteiger partial charge >= 0.3 is 5.97 Å². The number of carboxylic acid groups (broad SMARTS) is 1. The van der Waals surface area contributed by atoms with Gasteiger partial charge in [-0.1, -0.05) is 13.8 Å². The van der Waals surface area contributed by atoms with E-state index in [1.54, 1.807) is 13.8 Å². The Hall–Kier alpha value is -3.95. The summed E-state index contributed by atoms with van der Waals surface area (Å²) in [4.78, 5) is 79.6. The van der Waals surface area contributed by atoms with Crippen molar-refractivity contribution in [3.05, 3.63) is 0 Å². The van der Waals surface area contributed by atoms with Crippen molar-refractivity contribution in [2.45, 2.75) is 83.6 Å². The van der Waals surface area contributed by atoms with Gasteiger partial charge in [0.1, 0.15) is 30.7 Å². The van der Waals surface area contributed by atoms with Crippen LogP contribution in [0.3, 0.4) is 0 Å². The lowest BCUT2D eigenvalue weighted by Crippen LogP contribution is -2.58. The van der Waals surface area contributed by atoms with Crippen LogP contribution in [0.5, 0.6) is 0 Å². The van der Waals surface area contributed by atoms with Gasteiger partial charge in [0.25, 0.3) is 0 Å². The quantitative estimate of drug-likeness (QED) is 0.0553. The number of aliphatic carboxylic acids is 1. The van der Waals surface area contributed by atoms with Crippen LogP contribution in [0.25, 0.3) is 0 Å². The van der Waals surface area contributed by atoms with Crippen LogP contribution in [-0.2, 0) is 28.8 Å². The van der Waals surface area contributed by atoms with E-state index in [1.807, 2.05) is 0 Å². The first-order chi connectivity index (χ1) is 18.6. The number of nitrogens with zero attached hydrogens (tertiary/aromatic N) is 2. The first-order valence-electron chi connectivity index (χ1n) is 13.2. The zero-order valence-electron chi connectivity index (χ0n) is 23.4. The van der Waals surface area contributed by atoms with Gasteiger partial charge in [0, 0.05) is 13.1 Å². The maximum Gasteiger partial charge on any atom is 0.322 e. The third-order valence-corrected chi connectivity index (χ3v) is 6.34. The minimum atomic E-state index is -1.22. The van der Waals surface area contributed by atoms with Gasteiger partial charge in [-0.3, -0.25) is 33.8 Å². The van der Waals surface area contributed by atoms with Crippen LogP contribution in [0.1, 0.15) is 53.4 Å². The fourth-order valence-corrected chi connectivity index (χ4v) is 3.92. The molecule has 1 saturated heterocycles. The maximum atomic E-state index is 13.4. The molecule has 0 saturated carbocycles. The molecular formula is C24H43N9O7. The van der Waals surface area contributed by atoms with Gasteiger partial charge in [0.05, 0.1) is 6.04 Å². The van der Waals surface area contributed by atoms with E-state index in [-0.39, 0.29) is 31.4 Å². The van der Waals surface area contributed by atoms with Crippen molar-refractivity contribution in [3.8, 4) is 0 Å². The largest absolute Gasteiger partial charge is 0.480 e. The second-order valence-corrected chi connectivity index (χ2v) is 10.0. The molecule has 1 heterocycles. The maximum absolute atomic E-state index is 13.4. The Labute approximate surface area is 233 Å². The number of guanidine groups is 1. The van der Waals surface area contributed by atoms with E-state index in [0.29, 0.717) is 19.3 Å². The molecule has 0 unspecified atom stereocenters. The summed E-state index contributed by atoms with van der Waals surface area (Å²) in [5.74, 6) is -4.43. The Bertz CT molecular complexity index is 968. The highest BCUT2D eigenvalue weighted by atomic mass is 16.4. The fraction of sp³-hybridized carbons (Fsp3) is 0.708. The molecule has 40 heavy (non-hydrogen) atoms. The molecule has 0 aliphatic carbocycles. The number of nitrogens with two attached hydrogens (primary N) is 3. The van der Waals surface area contributed by atoms with Gasteiger partial charge in [-0.25, -0.2) is 0 Å². The van der Waals surface area contributed by atoms with Gasteiger partial charge in [0.15, 0.2) is 5.96 Å². The van der Waals surface area contributed by atoms with Crippen molar-refractivity contribution in [3.63, 3.8) is 0 Å². The Kier molecular flexibility index (Phi) is 13.8. The Balaban J connectivity index is 2.91. The predicted molar refractivity (Wildman–Crippen MR) is 145 cm³/mol. The van der Waals surface area contributed by atoms with Crippen LogP contribution >= 0.6 is 0 Å². The lowest BCUT2D eigenvalue weighted by Gasteiger charge is -2.29. The Morgan fingerprint density at radius 3 is 2.08 bits per heavy atom. The van der Waals surface area contributed by atoms with Gasteiger partial charge in [-0.15, -0.1) is 0 Å². The van der Waals surface area contributed by atoms with Crippen molar-refractivity contribution < 1.29 is 33.9 Å². The Morgan fingerprint density at radius 1 is 0.950 bits per heavy atom. The van der Waals surface area contributed by atoms with E-state index in [4.69, 9.17) is 22.3 Å². The third kappa shape index (κ3) is 11.0. The molecule has 0 spiro atoms. The molecule has 16 nitrogen and oxygen atoms in total. The summed E-state index contributed by atoms with van der Waals surface area (Å²) in [5, 5.41) is 18.7. The lowest BCUT2D eigenvalue weighted by atomic mass is 10.0. The molecule has 226 valence electrons. The number of aliphatic imine (C=N–C) groups is 1. The molecule has 0 radical (unpaired) electrons. The van der Waals surface area contributed by atoms with Crippen LogP contribution in [0.4, 0.5) is 0 Å². The zero-order valence-corrected chi connectivity index (χ0v) is 23.4. The summed E-state index contributed by atoms with van der Waals surface area (Å²) >= 11 is 0. The molecule has 0 bridgehead atoms. The highest BCUT2D eigenvalue weighted by Gasteiger charge is 2.38. The number of likely N-dealkylation sites (tertiary alicyclic amines) is 1. The number of carbonyl (C=O) groups excluding carboxylic acids is 5. The van der Waals surface area contributed by atoms with Crippen LogP contribution in [0.15, 0.2) is 4.99 Å². The third-order valence-electron chi connectivity index (χ3n) is 6.34.